The van der Waals surface area contributed by atoms with Gasteiger partial charge in [0.15, 0.2) is 11.6 Å². The van der Waals surface area contributed by atoms with Gasteiger partial charge in [0.05, 0.1) is 35.9 Å². The summed E-state index contributed by atoms with van der Waals surface area (Å²) in [6.07, 6.45) is 4.49. The van der Waals surface area contributed by atoms with Crippen molar-refractivity contribution in [2.75, 3.05) is 25.6 Å². The van der Waals surface area contributed by atoms with Crippen molar-refractivity contribution in [3.05, 3.63) is 71.2 Å². The third-order valence-electron chi connectivity index (χ3n) is 6.30. The Labute approximate surface area is 211 Å². The summed E-state index contributed by atoms with van der Waals surface area (Å²) in [5.74, 6) is -1.38. The predicted molar refractivity (Wildman–Crippen MR) is 130 cm³/mol. The van der Waals surface area contributed by atoms with Crippen LogP contribution in [0.25, 0.3) is 10.9 Å². The molecular formula is C25H25F2N7O3. The van der Waals surface area contributed by atoms with Gasteiger partial charge in [-0.25, -0.2) is 23.4 Å². The molecule has 2 N–H and O–H groups in total. The van der Waals surface area contributed by atoms with Gasteiger partial charge in [-0.1, -0.05) is 11.3 Å². The molecule has 0 aliphatic carbocycles. The van der Waals surface area contributed by atoms with Gasteiger partial charge in [-0.15, -0.1) is 5.10 Å². The number of halogens is 2. The van der Waals surface area contributed by atoms with Gasteiger partial charge >= 0.3 is 0 Å². The average molecular weight is 510 g/mol. The zero-order valence-electron chi connectivity index (χ0n) is 20.2. The summed E-state index contributed by atoms with van der Waals surface area (Å²) in [7, 11) is 3.02. The Morgan fingerprint density at radius 1 is 1.16 bits per heavy atom. The fourth-order valence-corrected chi connectivity index (χ4v) is 4.28. The first-order valence-electron chi connectivity index (χ1n) is 11.7. The predicted octanol–water partition coefficient (Wildman–Crippen LogP) is 3.16. The number of benzene rings is 2. The summed E-state index contributed by atoms with van der Waals surface area (Å²) in [5, 5.41) is 14.1. The third kappa shape index (κ3) is 5.19. The molecule has 0 saturated carbocycles. The number of fused-ring (bicyclic) bond motifs is 1. The van der Waals surface area contributed by atoms with Gasteiger partial charge < -0.3 is 20.1 Å². The minimum Gasteiger partial charge on any atom is -0.494 e. The normalized spacial score (nSPS) is 14.9. The van der Waals surface area contributed by atoms with Gasteiger partial charge in [-0.05, 0) is 42.7 Å². The molecule has 0 radical (unpaired) electrons. The fourth-order valence-electron chi connectivity index (χ4n) is 4.28. The molecule has 10 nitrogen and oxygen atoms in total. The van der Waals surface area contributed by atoms with Crippen LogP contribution in [0.15, 0.2) is 42.7 Å². The van der Waals surface area contributed by atoms with Crippen LogP contribution in [0.4, 0.5) is 14.7 Å². The highest BCUT2D eigenvalue weighted by Gasteiger charge is 2.24. The lowest BCUT2D eigenvalue weighted by atomic mass is 10.0. The molecule has 0 bridgehead atoms. The number of carbonyl (C=O) groups is 1. The maximum absolute atomic E-state index is 14.9. The van der Waals surface area contributed by atoms with E-state index in [1.165, 1.54) is 42.4 Å². The molecule has 12 heteroatoms. The fraction of sp³-hybridized carbons (Fsp3) is 0.320. The average Bonchev–Trinajstić information content (AvgIpc) is 3.32. The third-order valence-corrected chi connectivity index (χ3v) is 6.30. The van der Waals surface area contributed by atoms with E-state index in [2.05, 4.69) is 30.9 Å². The van der Waals surface area contributed by atoms with Gasteiger partial charge in [0.1, 0.15) is 5.82 Å². The first-order chi connectivity index (χ1) is 17.9. The number of nitrogens with zero attached hydrogens (tertiary/aromatic N) is 5. The Hall–Kier alpha value is -4.19. The van der Waals surface area contributed by atoms with E-state index >= 15 is 0 Å². The molecular weight excluding hydrogens is 484 g/mol. The van der Waals surface area contributed by atoms with Crippen molar-refractivity contribution >= 4 is 22.8 Å². The van der Waals surface area contributed by atoms with E-state index in [1.807, 2.05) is 0 Å². The van der Waals surface area contributed by atoms with E-state index in [0.29, 0.717) is 30.4 Å². The van der Waals surface area contributed by atoms with Gasteiger partial charge in [-0.3, -0.25) is 4.79 Å². The van der Waals surface area contributed by atoms with Crippen LogP contribution >= 0.6 is 0 Å². The minimum atomic E-state index is -0.817. The maximum atomic E-state index is 14.9. The number of methoxy groups -OCH3 is 1. The van der Waals surface area contributed by atoms with Gasteiger partial charge in [0.25, 0.3) is 5.91 Å². The summed E-state index contributed by atoms with van der Waals surface area (Å²) in [6, 6.07) is 6.31. The number of aryl methyl sites for hydroxylation is 1. The number of hydrogen-bond donors (Lipinski definition) is 2. The molecule has 1 unspecified atom stereocenters. The second kappa shape index (κ2) is 10.4. The lowest BCUT2D eigenvalue weighted by Crippen LogP contribution is -2.31. The van der Waals surface area contributed by atoms with Crippen LogP contribution < -0.4 is 15.4 Å². The highest BCUT2D eigenvalue weighted by molar-refractivity contribution is 5.98. The Kier molecular flexibility index (Phi) is 6.91. The molecule has 1 atom stereocenters. The molecule has 1 aliphatic heterocycles. The van der Waals surface area contributed by atoms with Crippen molar-refractivity contribution in [3.63, 3.8) is 0 Å². The van der Waals surface area contributed by atoms with Crippen molar-refractivity contribution in [2.45, 2.75) is 24.9 Å². The van der Waals surface area contributed by atoms with E-state index in [1.54, 1.807) is 13.1 Å². The minimum absolute atomic E-state index is 0.0508. The highest BCUT2D eigenvalue weighted by Crippen LogP contribution is 2.27. The lowest BCUT2D eigenvalue weighted by molar-refractivity contribution is 0.0903. The number of amides is 1. The molecule has 0 spiro atoms. The van der Waals surface area contributed by atoms with Crippen LogP contribution in [-0.2, 0) is 11.8 Å². The van der Waals surface area contributed by atoms with Crippen LogP contribution in [0.3, 0.4) is 0 Å². The summed E-state index contributed by atoms with van der Waals surface area (Å²) in [6.45, 7) is 1.30. The van der Waals surface area contributed by atoms with Crippen LogP contribution in [0, 0.1) is 11.6 Å². The van der Waals surface area contributed by atoms with E-state index < -0.39 is 23.6 Å². The molecule has 3 heterocycles. The Balaban J connectivity index is 1.45. The number of nitrogens with one attached hydrogen (secondary N) is 2. The van der Waals surface area contributed by atoms with Crippen molar-refractivity contribution in [2.24, 2.45) is 7.05 Å². The first kappa shape index (κ1) is 24.5. The maximum Gasteiger partial charge on any atom is 0.252 e. The van der Waals surface area contributed by atoms with Crippen molar-refractivity contribution in [1.29, 1.82) is 0 Å². The molecule has 1 amide bonds. The van der Waals surface area contributed by atoms with Crippen molar-refractivity contribution < 1.29 is 23.0 Å². The van der Waals surface area contributed by atoms with Gasteiger partial charge in [-0.2, -0.15) is 0 Å². The molecule has 192 valence electrons. The molecule has 37 heavy (non-hydrogen) atoms. The number of ether oxygens (including phenoxy) is 2. The molecule has 5 rings (SSSR count). The zero-order valence-corrected chi connectivity index (χ0v) is 20.2. The lowest BCUT2D eigenvalue weighted by Gasteiger charge is -2.23. The Morgan fingerprint density at radius 3 is 2.68 bits per heavy atom. The second-order valence-electron chi connectivity index (χ2n) is 8.70. The van der Waals surface area contributed by atoms with Crippen LogP contribution in [0.1, 0.15) is 40.5 Å². The smallest absolute Gasteiger partial charge is 0.252 e. The van der Waals surface area contributed by atoms with E-state index in [0.717, 1.165) is 18.9 Å². The highest BCUT2D eigenvalue weighted by atomic mass is 19.1. The number of rotatable bonds is 7. The molecule has 2 aromatic carbocycles. The monoisotopic (exact) mass is 509 g/mol. The standard InChI is InChI=1S/C25H25F2N7O3/c1-34-21(13-29-33-34)23(14-3-4-22(36-2)19(27)9-14)32-24(35)15-10-18(26)17-12-28-25(31-20(17)11-15)30-16-5-7-37-8-6-16/h3-4,9-13,16,23H,5-8H2,1-2H3,(H,32,35)(H,28,30,31). The van der Waals surface area contributed by atoms with Crippen molar-refractivity contribution in [3.8, 4) is 5.75 Å². The number of hydrogen-bond acceptors (Lipinski definition) is 8. The summed E-state index contributed by atoms with van der Waals surface area (Å²) < 4.78 is 41.3. The summed E-state index contributed by atoms with van der Waals surface area (Å²) in [4.78, 5) is 22.0. The van der Waals surface area contributed by atoms with Crippen LogP contribution in [0.5, 0.6) is 5.75 Å². The summed E-state index contributed by atoms with van der Waals surface area (Å²) >= 11 is 0. The summed E-state index contributed by atoms with van der Waals surface area (Å²) in [5.41, 5.74) is 1.27. The quantitative estimate of drug-likeness (QED) is 0.390. The van der Waals surface area contributed by atoms with Gasteiger partial charge in [0, 0.05) is 38.1 Å². The molecule has 2 aromatic heterocycles. The van der Waals surface area contributed by atoms with E-state index in [4.69, 9.17) is 9.47 Å². The SMILES string of the molecule is COc1ccc(C(NC(=O)c2cc(F)c3cnc(NC4CCOCC4)nc3c2)c2cnnn2C)cc1F. The Morgan fingerprint density at radius 2 is 1.97 bits per heavy atom. The molecule has 1 saturated heterocycles. The van der Waals surface area contributed by atoms with Crippen LogP contribution in [0.2, 0.25) is 0 Å². The molecule has 1 aliphatic rings. The van der Waals surface area contributed by atoms with E-state index in [9.17, 15) is 13.6 Å². The number of anilines is 1. The second-order valence-corrected chi connectivity index (χ2v) is 8.70. The first-order valence-corrected chi connectivity index (χ1v) is 11.7. The van der Waals surface area contributed by atoms with Crippen molar-refractivity contribution in [1.82, 2.24) is 30.3 Å². The molecule has 4 aromatic rings. The van der Waals surface area contributed by atoms with Crippen LogP contribution in [-0.4, -0.2) is 57.2 Å². The van der Waals surface area contributed by atoms with Gasteiger partial charge in [0.2, 0.25) is 5.95 Å². The number of carbonyl (C=O) groups excluding carboxylic acids is 1. The van der Waals surface area contributed by atoms with E-state index in [-0.39, 0.29) is 28.3 Å². The molecule has 1 fully saturated rings. The Bertz CT molecular complexity index is 1440. The number of aromatic nitrogens is 5. The largest absolute Gasteiger partial charge is 0.494 e. The topological polar surface area (TPSA) is 116 Å². The zero-order chi connectivity index (χ0) is 25.9.